The summed E-state index contributed by atoms with van der Waals surface area (Å²) in [4.78, 5) is 3.03. The van der Waals surface area contributed by atoms with Crippen LogP contribution in [-0.4, -0.2) is 22.8 Å². The maximum atomic E-state index is 6.72. The summed E-state index contributed by atoms with van der Waals surface area (Å²) in [6, 6.07) is 12.2. The van der Waals surface area contributed by atoms with Gasteiger partial charge in [0.15, 0.2) is 0 Å². The van der Waals surface area contributed by atoms with Crippen molar-refractivity contribution in [1.82, 2.24) is 0 Å². The van der Waals surface area contributed by atoms with Gasteiger partial charge in [0, 0.05) is 15.3 Å². The molecule has 0 unspecified atom stereocenters. The number of fused-ring (bicyclic) bond motifs is 3. The fourth-order valence-electron chi connectivity index (χ4n) is 5.73. The molecule has 4 rings (SSSR count). The van der Waals surface area contributed by atoms with E-state index in [2.05, 4.69) is 96.2 Å². The molecule has 3 aromatic rings. The highest BCUT2D eigenvalue weighted by Gasteiger charge is 2.50. The van der Waals surface area contributed by atoms with Crippen molar-refractivity contribution in [3.8, 4) is 15.5 Å². The second-order valence-electron chi connectivity index (χ2n) is 11.4. The minimum Gasteiger partial charge on any atom is -0.490 e. The Kier molecular flexibility index (Phi) is 6.97. The van der Waals surface area contributed by atoms with Crippen molar-refractivity contribution in [2.24, 2.45) is 0 Å². The maximum Gasteiger partial charge on any atom is 0.118 e. The number of aryl methyl sites for hydroxylation is 1. The molecule has 1 aliphatic rings. The summed E-state index contributed by atoms with van der Waals surface area (Å²) < 4.78 is 6.72. The van der Waals surface area contributed by atoms with Crippen molar-refractivity contribution in [3.05, 3.63) is 64.4 Å². The Labute approximate surface area is 216 Å². The quantitative estimate of drug-likeness (QED) is 0.212. The van der Waals surface area contributed by atoms with Crippen molar-refractivity contribution < 1.29 is 4.74 Å². The van der Waals surface area contributed by atoms with Gasteiger partial charge in [0.2, 0.25) is 0 Å². The van der Waals surface area contributed by atoms with Gasteiger partial charge in [0.25, 0.3) is 0 Å². The third-order valence-corrected chi connectivity index (χ3v) is 21.9. The van der Waals surface area contributed by atoms with Crippen LogP contribution in [0.3, 0.4) is 0 Å². The molecule has 0 N–H and O–H groups in total. The molecular formula is C29H40OS2Si2. The highest BCUT2D eigenvalue weighted by molar-refractivity contribution is 7.21. The van der Waals surface area contributed by atoms with Crippen molar-refractivity contribution in [2.75, 3.05) is 6.61 Å². The van der Waals surface area contributed by atoms with Crippen LogP contribution >= 0.6 is 22.7 Å². The third-order valence-electron chi connectivity index (χ3n) is 8.70. The predicted molar refractivity (Wildman–Crippen MR) is 160 cm³/mol. The Hall–Kier alpha value is -1.41. The van der Waals surface area contributed by atoms with Crippen molar-refractivity contribution in [2.45, 2.75) is 77.3 Å². The first-order chi connectivity index (χ1) is 16.0. The monoisotopic (exact) mass is 524 g/mol. The predicted octanol–water partition coefficient (Wildman–Crippen LogP) is 8.45. The lowest BCUT2D eigenvalue weighted by Gasteiger charge is -2.42. The summed E-state index contributed by atoms with van der Waals surface area (Å²) in [6.45, 7) is 24.0. The molecule has 0 saturated carbocycles. The first-order valence-corrected chi connectivity index (χ1v) is 19.8. The van der Waals surface area contributed by atoms with Gasteiger partial charge >= 0.3 is 0 Å². The van der Waals surface area contributed by atoms with Gasteiger partial charge in [-0.05, 0) is 56.4 Å². The van der Waals surface area contributed by atoms with Crippen LogP contribution < -0.4 is 15.1 Å². The van der Waals surface area contributed by atoms with Gasteiger partial charge in [0.05, 0.1) is 8.07 Å². The lowest BCUT2D eigenvalue weighted by atomic mass is 10.2. The summed E-state index contributed by atoms with van der Waals surface area (Å²) in [5, 5.41) is 7.88. The van der Waals surface area contributed by atoms with Crippen LogP contribution in [0.4, 0.5) is 0 Å². The topological polar surface area (TPSA) is 9.23 Å². The molecular weight excluding hydrogens is 485 g/mol. The van der Waals surface area contributed by atoms with Crippen LogP contribution in [0.5, 0.6) is 5.75 Å². The van der Waals surface area contributed by atoms with Crippen LogP contribution in [0.15, 0.2) is 47.7 Å². The summed E-state index contributed by atoms with van der Waals surface area (Å²) in [5.41, 5.74) is 5.04. The molecule has 0 spiro atoms. The van der Waals surface area contributed by atoms with E-state index in [1.165, 1.54) is 38.3 Å². The Bertz CT molecular complexity index is 1150. The lowest BCUT2D eigenvalue weighted by molar-refractivity contribution is 0.368. The molecule has 0 radical (unpaired) electrons. The standard InChI is InChI=1S/C29H40OS2Si2/c1-10-15-30-25-23(33(8,9)29(5,6)7)18-20(4)19-24(25)34(11-2,12-3)28-21-13-16-31-26(21)27-22(28)14-17-32-27/h10,13-14,16-19,28H,1,11-12,15H2,2-9H3. The highest BCUT2D eigenvalue weighted by Crippen LogP contribution is 2.55. The van der Waals surface area contributed by atoms with Gasteiger partial charge in [-0.15, -0.1) is 22.7 Å². The molecule has 0 fully saturated rings. The summed E-state index contributed by atoms with van der Waals surface area (Å²) in [6.07, 6.45) is 1.91. The fraction of sp³-hybridized carbons (Fsp3) is 0.448. The van der Waals surface area contributed by atoms with Crippen LogP contribution in [-0.2, 0) is 0 Å². The van der Waals surface area contributed by atoms with Gasteiger partial charge < -0.3 is 4.74 Å². The van der Waals surface area contributed by atoms with E-state index in [1.807, 2.05) is 28.7 Å². The molecule has 2 heterocycles. The number of ether oxygens (including phenoxy) is 1. The van der Waals surface area contributed by atoms with E-state index in [4.69, 9.17) is 4.74 Å². The lowest BCUT2D eigenvalue weighted by Crippen LogP contribution is -2.57. The van der Waals surface area contributed by atoms with Crippen molar-refractivity contribution in [1.29, 1.82) is 0 Å². The average molecular weight is 525 g/mol. The van der Waals surface area contributed by atoms with E-state index in [9.17, 15) is 0 Å². The molecule has 0 saturated heterocycles. The summed E-state index contributed by atoms with van der Waals surface area (Å²) >= 11 is 3.84. The Balaban J connectivity index is 2.04. The minimum atomic E-state index is -2.04. The zero-order chi connectivity index (χ0) is 24.9. The second-order valence-corrected chi connectivity index (χ2v) is 23.3. The molecule has 1 nitrogen and oxygen atoms in total. The molecule has 5 heteroatoms. The number of rotatable bonds is 8. The Morgan fingerprint density at radius 1 is 0.971 bits per heavy atom. The third kappa shape index (κ3) is 3.83. The van der Waals surface area contributed by atoms with Crippen LogP contribution in [0.2, 0.25) is 30.2 Å². The first-order valence-electron chi connectivity index (χ1n) is 12.6. The Morgan fingerprint density at radius 3 is 1.97 bits per heavy atom. The van der Waals surface area contributed by atoms with Crippen molar-refractivity contribution >= 4 is 49.2 Å². The van der Waals surface area contributed by atoms with Gasteiger partial charge in [-0.25, -0.2) is 0 Å². The first kappa shape index (κ1) is 25.7. The minimum absolute atomic E-state index is 0.238. The van der Waals surface area contributed by atoms with Gasteiger partial charge in [0.1, 0.15) is 20.4 Å². The summed E-state index contributed by atoms with van der Waals surface area (Å²) in [5.74, 6) is 1.20. The number of hydrogen-bond donors (Lipinski definition) is 0. The molecule has 0 aliphatic heterocycles. The van der Waals surface area contributed by atoms with Crippen molar-refractivity contribution in [3.63, 3.8) is 0 Å². The number of thiophene rings is 2. The Morgan fingerprint density at radius 2 is 1.50 bits per heavy atom. The van der Waals surface area contributed by atoms with Crippen LogP contribution in [0.25, 0.3) is 9.75 Å². The van der Waals surface area contributed by atoms with E-state index >= 15 is 0 Å². The maximum absolute atomic E-state index is 6.72. The van der Waals surface area contributed by atoms with E-state index < -0.39 is 16.1 Å². The molecule has 34 heavy (non-hydrogen) atoms. The fourth-order valence-corrected chi connectivity index (χ4v) is 15.6. The van der Waals surface area contributed by atoms with E-state index in [0.717, 1.165) is 0 Å². The van der Waals surface area contributed by atoms with E-state index in [-0.39, 0.29) is 5.04 Å². The molecule has 2 aromatic heterocycles. The zero-order valence-corrected chi connectivity index (χ0v) is 25.8. The second kappa shape index (κ2) is 9.23. The van der Waals surface area contributed by atoms with Gasteiger partial charge in [-0.1, -0.05) is 90.2 Å². The summed E-state index contributed by atoms with van der Waals surface area (Å²) in [7, 11) is -3.87. The van der Waals surface area contributed by atoms with E-state index in [0.29, 0.717) is 12.1 Å². The molecule has 0 amide bonds. The average Bonchev–Trinajstić information content (AvgIpc) is 3.49. The largest absolute Gasteiger partial charge is 0.490 e. The number of benzene rings is 1. The smallest absolute Gasteiger partial charge is 0.118 e. The van der Waals surface area contributed by atoms with Crippen LogP contribution in [0, 0.1) is 6.92 Å². The zero-order valence-electron chi connectivity index (χ0n) is 22.2. The van der Waals surface area contributed by atoms with Gasteiger partial charge in [-0.2, -0.15) is 0 Å². The molecule has 0 bridgehead atoms. The van der Waals surface area contributed by atoms with Crippen LogP contribution in [0.1, 0.15) is 56.9 Å². The molecule has 1 aliphatic carbocycles. The van der Waals surface area contributed by atoms with Gasteiger partial charge in [-0.3, -0.25) is 0 Å². The molecule has 182 valence electrons. The SMILES string of the molecule is C=CCOc1c([Si](CC)(CC)C2c3ccsc3-c3sccc32)cc(C)cc1[Si](C)(C)C(C)(C)C. The molecule has 1 aromatic carbocycles. The van der Waals surface area contributed by atoms with E-state index in [1.54, 1.807) is 16.3 Å². The highest BCUT2D eigenvalue weighted by atomic mass is 32.1. The molecule has 0 atom stereocenters. The normalized spacial score (nSPS) is 14.2. The number of hydrogen-bond acceptors (Lipinski definition) is 3.